The highest BCUT2D eigenvalue weighted by Gasteiger charge is 2.06. The number of nitrogens with two attached hydrogens (primary N) is 1. The summed E-state index contributed by atoms with van der Waals surface area (Å²) >= 11 is 0. The molecule has 1 heterocycles. The van der Waals surface area contributed by atoms with Gasteiger partial charge >= 0.3 is 0 Å². The van der Waals surface area contributed by atoms with Gasteiger partial charge in [-0.1, -0.05) is 12.1 Å². The molecule has 1 unspecified atom stereocenters. The lowest BCUT2D eigenvalue weighted by Crippen LogP contribution is -2.22. The molecule has 1 aromatic carbocycles. The van der Waals surface area contributed by atoms with Crippen molar-refractivity contribution in [1.82, 2.24) is 9.55 Å². The van der Waals surface area contributed by atoms with Gasteiger partial charge in [0, 0.05) is 18.2 Å². The van der Waals surface area contributed by atoms with Crippen LogP contribution in [0.3, 0.4) is 0 Å². The number of imidazole rings is 1. The minimum absolute atomic E-state index is 0.0743. The van der Waals surface area contributed by atoms with Crippen LogP contribution in [-0.4, -0.2) is 20.7 Å². The van der Waals surface area contributed by atoms with E-state index in [1.165, 1.54) is 0 Å². The number of benzene rings is 1. The fourth-order valence-corrected chi connectivity index (χ4v) is 1.68. The first kappa shape index (κ1) is 10.7. The summed E-state index contributed by atoms with van der Waals surface area (Å²) in [7, 11) is 0. The summed E-state index contributed by atoms with van der Waals surface area (Å²) in [6, 6.07) is 7.19. The summed E-state index contributed by atoms with van der Waals surface area (Å²) in [5.41, 5.74) is 7.67. The molecule has 0 spiro atoms. The van der Waals surface area contributed by atoms with Crippen LogP contribution in [0.4, 0.5) is 0 Å². The van der Waals surface area contributed by atoms with Crippen molar-refractivity contribution in [1.29, 1.82) is 0 Å². The molecule has 84 valence electrons. The van der Waals surface area contributed by atoms with Gasteiger partial charge in [0.15, 0.2) is 0 Å². The van der Waals surface area contributed by atoms with E-state index >= 15 is 0 Å². The Balaban J connectivity index is 2.37. The Bertz CT molecular complexity index is 477. The van der Waals surface area contributed by atoms with Gasteiger partial charge in [-0.2, -0.15) is 0 Å². The summed E-state index contributed by atoms with van der Waals surface area (Å²) in [4.78, 5) is 4.11. The molecule has 0 amide bonds. The van der Waals surface area contributed by atoms with E-state index in [0.717, 1.165) is 11.3 Å². The number of hydrogen-bond acceptors (Lipinski definition) is 3. The molecule has 4 heteroatoms. The number of phenolic OH excluding ortho intramolecular Hbond substituents is 1. The quantitative estimate of drug-likeness (QED) is 0.820. The molecule has 2 rings (SSSR count). The van der Waals surface area contributed by atoms with Gasteiger partial charge in [-0.25, -0.2) is 4.98 Å². The van der Waals surface area contributed by atoms with Gasteiger partial charge in [0.1, 0.15) is 5.75 Å². The molecule has 1 aromatic heterocycles. The number of rotatable bonds is 3. The second-order valence-electron chi connectivity index (χ2n) is 3.96. The van der Waals surface area contributed by atoms with E-state index < -0.39 is 0 Å². The van der Waals surface area contributed by atoms with Gasteiger partial charge in [-0.15, -0.1) is 0 Å². The maximum Gasteiger partial charge on any atom is 0.116 e. The maximum atomic E-state index is 9.43. The first-order chi connectivity index (χ1) is 7.66. The second-order valence-corrected chi connectivity index (χ2v) is 3.96. The average Bonchev–Trinajstić information content (AvgIpc) is 2.65. The highest BCUT2D eigenvalue weighted by atomic mass is 16.3. The molecule has 0 bridgehead atoms. The Morgan fingerprint density at radius 2 is 2.31 bits per heavy atom. The molecule has 0 fully saturated rings. The number of aromatic hydroxyl groups is 1. The molecular weight excluding hydrogens is 202 g/mol. The van der Waals surface area contributed by atoms with Crippen LogP contribution in [0.2, 0.25) is 0 Å². The van der Waals surface area contributed by atoms with Gasteiger partial charge in [0.2, 0.25) is 0 Å². The Morgan fingerprint density at radius 3 is 3.00 bits per heavy atom. The van der Waals surface area contributed by atoms with E-state index in [2.05, 4.69) is 4.98 Å². The zero-order valence-corrected chi connectivity index (χ0v) is 9.17. The topological polar surface area (TPSA) is 64.1 Å². The monoisotopic (exact) mass is 217 g/mol. The SMILES string of the molecule is CC(N)Cn1cncc1-c1cccc(O)c1. The van der Waals surface area contributed by atoms with Crippen LogP contribution in [0, 0.1) is 0 Å². The predicted molar refractivity (Wildman–Crippen MR) is 63.0 cm³/mol. The smallest absolute Gasteiger partial charge is 0.116 e. The Morgan fingerprint density at radius 1 is 1.50 bits per heavy atom. The lowest BCUT2D eigenvalue weighted by Gasteiger charge is -2.10. The molecule has 0 radical (unpaired) electrons. The molecule has 2 aromatic rings. The van der Waals surface area contributed by atoms with E-state index in [1.54, 1.807) is 24.7 Å². The van der Waals surface area contributed by atoms with Crippen molar-refractivity contribution in [2.75, 3.05) is 0 Å². The van der Waals surface area contributed by atoms with Gasteiger partial charge in [0.05, 0.1) is 18.2 Å². The van der Waals surface area contributed by atoms with Crippen molar-refractivity contribution < 1.29 is 5.11 Å². The number of aromatic nitrogens is 2. The normalized spacial score (nSPS) is 12.6. The highest BCUT2D eigenvalue weighted by Crippen LogP contribution is 2.22. The van der Waals surface area contributed by atoms with E-state index in [4.69, 9.17) is 5.73 Å². The summed E-state index contributed by atoms with van der Waals surface area (Å²) in [5, 5.41) is 9.43. The molecule has 1 atom stereocenters. The van der Waals surface area contributed by atoms with Crippen LogP contribution < -0.4 is 5.73 Å². The van der Waals surface area contributed by atoms with Crippen molar-refractivity contribution in [2.24, 2.45) is 5.73 Å². The zero-order chi connectivity index (χ0) is 11.5. The van der Waals surface area contributed by atoms with Crippen molar-refractivity contribution in [3.05, 3.63) is 36.8 Å². The van der Waals surface area contributed by atoms with Crippen LogP contribution in [-0.2, 0) is 6.54 Å². The van der Waals surface area contributed by atoms with E-state index in [9.17, 15) is 5.11 Å². The summed E-state index contributed by atoms with van der Waals surface area (Å²) in [5.74, 6) is 0.256. The first-order valence-electron chi connectivity index (χ1n) is 5.22. The zero-order valence-electron chi connectivity index (χ0n) is 9.17. The third-order valence-corrected chi connectivity index (χ3v) is 2.34. The van der Waals surface area contributed by atoms with Crippen LogP contribution in [0.5, 0.6) is 5.75 Å². The minimum atomic E-state index is 0.0743. The molecule has 4 nitrogen and oxygen atoms in total. The minimum Gasteiger partial charge on any atom is -0.508 e. The fraction of sp³-hybridized carbons (Fsp3) is 0.250. The van der Waals surface area contributed by atoms with Crippen LogP contribution >= 0.6 is 0 Å². The van der Waals surface area contributed by atoms with E-state index in [1.807, 2.05) is 23.6 Å². The molecule has 0 aliphatic heterocycles. The largest absolute Gasteiger partial charge is 0.508 e. The average molecular weight is 217 g/mol. The Hall–Kier alpha value is -1.81. The number of phenols is 1. The van der Waals surface area contributed by atoms with Gasteiger partial charge < -0.3 is 15.4 Å². The summed E-state index contributed by atoms with van der Waals surface area (Å²) in [6.07, 6.45) is 3.53. The van der Waals surface area contributed by atoms with Crippen molar-refractivity contribution in [3.63, 3.8) is 0 Å². The summed E-state index contributed by atoms with van der Waals surface area (Å²) in [6.45, 7) is 2.66. The molecule has 0 saturated carbocycles. The van der Waals surface area contributed by atoms with Gasteiger partial charge in [-0.3, -0.25) is 0 Å². The lowest BCUT2D eigenvalue weighted by atomic mass is 10.1. The second kappa shape index (κ2) is 4.37. The fourth-order valence-electron chi connectivity index (χ4n) is 1.68. The molecule has 3 N–H and O–H groups in total. The Labute approximate surface area is 94.4 Å². The van der Waals surface area contributed by atoms with Crippen molar-refractivity contribution in [3.8, 4) is 17.0 Å². The summed E-state index contributed by atoms with van der Waals surface area (Å²) < 4.78 is 1.99. The van der Waals surface area contributed by atoms with Crippen molar-refractivity contribution in [2.45, 2.75) is 19.5 Å². The molecule has 0 aliphatic carbocycles. The standard InChI is InChI=1S/C12H15N3O/c1-9(13)7-15-8-14-6-12(15)10-3-2-4-11(16)5-10/h2-6,8-9,16H,7,13H2,1H3. The van der Waals surface area contributed by atoms with Gasteiger partial charge in [-0.05, 0) is 19.1 Å². The third kappa shape index (κ3) is 2.23. The highest BCUT2D eigenvalue weighted by molar-refractivity contribution is 5.60. The lowest BCUT2D eigenvalue weighted by molar-refractivity contribution is 0.475. The van der Waals surface area contributed by atoms with Crippen molar-refractivity contribution >= 4 is 0 Å². The predicted octanol–water partition coefficient (Wildman–Crippen LogP) is 1.60. The van der Waals surface area contributed by atoms with E-state index in [-0.39, 0.29) is 11.8 Å². The molecule has 0 aliphatic rings. The number of nitrogens with zero attached hydrogens (tertiary/aromatic N) is 2. The third-order valence-electron chi connectivity index (χ3n) is 2.34. The maximum absolute atomic E-state index is 9.43. The van der Waals surface area contributed by atoms with Gasteiger partial charge in [0.25, 0.3) is 0 Å². The van der Waals surface area contributed by atoms with Crippen LogP contribution in [0.15, 0.2) is 36.8 Å². The molecule has 16 heavy (non-hydrogen) atoms. The first-order valence-corrected chi connectivity index (χ1v) is 5.22. The Kier molecular flexibility index (Phi) is 2.92. The number of hydrogen-bond donors (Lipinski definition) is 2. The molecule has 0 saturated heterocycles. The van der Waals surface area contributed by atoms with E-state index in [0.29, 0.717) is 6.54 Å². The van der Waals surface area contributed by atoms with Crippen LogP contribution in [0.25, 0.3) is 11.3 Å². The van der Waals surface area contributed by atoms with Crippen LogP contribution in [0.1, 0.15) is 6.92 Å². The molecular formula is C12H15N3O.